The summed E-state index contributed by atoms with van der Waals surface area (Å²) >= 11 is 0. The number of aliphatic carboxylic acids is 1. The lowest BCUT2D eigenvalue weighted by Crippen LogP contribution is -2.59. The first kappa shape index (κ1) is 31.3. The van der Waals surface area contributed by atoms with Crippen molar-refractivity contribution in [3.63, 3.8) is 0 Å². The molecule has 16 nitrogen and oxygen atoms in total. The fourth-order valence-electron chi connectivity index (χ4n) is 5.34. The molecule has 2 aromatic heterocycles. The first-order valence-electron chi connectivity index (χ1n) is 14.2. The number of carbonyl (C=O) groups excluding carboxylic acids is 4. The number of alkyl carbamates (subject to hydrolysis) is 1. The SMILES string of the molecule is CC(C)(C)OC(=O)NC(C(=O)NC(CCC(=O)O)C(=O)N1c2ncccc2CC1C(=O)NCc1nn[nH]n1)C1CCCC1. The Morgan fingerprint density at radius 2 is 1.91 bits per heavy atom. The third kappa shape index (κ3) is 8.23. The number of hydrogen-bond acceptors (Lipinski definition) is 10. The number of tetrazole rings is 1. The number of aromatic amines is 1. The van der Waals surface area contributed by atoms with Crippen LogP contribution in [-0.4, -0.2) is 84.2 Å². The molecule has 232 valence electrons. The van der Waals surface area contributed by atoms with Crippen LogP contribution in [0.15, 0.2) is 18.3 Å². The van der Waals surface area contributed by atoms with E-state index >= 15 is 0 Å². The van der Waals surface area contributed by atoms with Crippen molar-refractivity contribution in [2.75, 3.05) is 4.90 Å². The first-order valence-corrected chi connectivity index (χ1v) is 14.2. The van der Waals surface area contributed by atoms with Gasteiger partial charge >= 0.3 is 12.1 Å². The van der Waals surface area contributed by atoms with Gasteiger partial charge in [-0.05, 0) is 57.6 Å². The van der Waals surface area contributed by atoms with Gasteiger partial charge in [-0.1, -0.05) is 24.1 Å². The van der Waals surface area contributed by atoms with Crippen LogP contribution in [0.5, 0.6) is 0 Å². The van der Waals surface area contributed by atoms with Crippen LogP contribution in [0.3, 0.4) is 0 Å². The van der Waals surface area contributed by atoms with Gasteiger partial charge in [-0.2, -0.15) is 5.21 Å². The van der Waals surface area contributed by atoms with Gasteiger partial charge in [-0.15, -0.1) is 10.2 Å². The summed E-state index contributed by atoms with van der Waals surface area (Å²) in [5.41, 5.74) is -0.162. The first-order chi connectivity index (χ1) is 20.4. The smallest absolute Gasteiger partial charge is 0.408 e. The third-order valence-corrected chi connectivity index (χ3v) is 7.26. The summed E-state index contributed by atoms with van der Waals surface area (Å²) in [6.07, 6.45) is 3.31. The van der Waals surface area contributed by atoms with Crippen molar-refractivity contribution < 1.29 is 33.8 Å². The molecule has 16 heteroatoms. The molecule has 2 aliphatic rings. The largest absolute Gasteiger partial charge is 0.481 e. The summed E-state index contributed by atoms with van der Waals surface area (Å²) in [7, 11) is 0. The minimum absolute atomic E-state index is 0.0454. The minimum Gasteiger partial charge on any atom is -0.481 e. The maximum atomic E-state index is 14.1. The maximum Gasteiger partial charge on any atom is 0.408 e. The monoisotopic (exact) mass is 599 g/mol. The molecule has 4 amide bonds. The van der Waals surface area contributed by atoms with Crippen LogP contribution in [0.1, 0.15) is 70.7 Å². The summed E-state index contributed by atoms with van der Waals surface area (Å²) in [4.78, 5) is 70.7. The fraction of sp³-hybridized carbons (Fsp3) is 0.593. The van der Waals surface area contributed by atoms with Crippen LogP contribution in [-0.2, 0) is 36.9 Å². The number of H-pyrrole nitrogens is 1. The molecular weight excluding hydrogens is 562 g/mol. The molecule has 1 fully saturated rings. The second kappa shape index (κ2) is 13.6. The van der Waals surface area contributed by atoms with Crippen LogP contribution in [0, 0.1) is 5.92 Å². The standard InChI is InChI=1S/C27H37N9O7/c1-27(2,3)43-26(42)31-21(15-7-4-5-8-15)24(40)30-17(10-11-20(37)38)25(41)36-18(13-16-9-6-12-28-22(16)36)23(39)29-14-19-32-34-35-33-19/h6,9,12,15,17-18,21H,4-5,7-8,10-11,13-14H2,1-3H3,(H,29,39)(H,30,40)(H,31,42)(H,37,38)(H,32,33,34,35). The number of fused-ring (bicyclic) bond motifs is 1. The number of rotatable bonds is 11. The summed E-state index contributed by atoms with van der Waals surface area (Å²) < 4.78 is 5.37. The van der Waals surface area contributed by atoms with E-state index in [9.17, 15) is 29.1 Å². The number of carbonyl (C=O) groups is 5. The molecule has 1 saturated carbocycles. The van der Waals surface area contributed by atoms with Gasteiger partial charge < -0.3 is 25.8 Å². The molecule has 0 aromatic carbocycles. The van der Waals surface area contributed by atoms with Gasteiger partial charge in [0.2, 0.25) is 11.8 Å². The van der Waals surface area contributed by atoms with Crippen molar-refractivity contribution in [3.8, 4) is 0 Å². The zero-order chi connectivity index (χ0) is 31.1. The van der Waals surface area contributed by atoms with Crippen LogP contribution in [0.2, 0.25) is 0 Å². The topological polar surface area (TPSA) is 221 Å². The predicted octanol–water partition coefficient (Wildman–Crippen LogP) is 0.602. The highest BCUT2D eigenvalue weighted by molar-refractivity contribution is 6.06. The predicted molar refractivity (Wildman–Crippen MR) is 149 cm³/mol. The molecule has 0 spiro atoms. The Labute approximate surface area is 247 Å². The zero-order valence-electron chi connectivity index (χ0n) is 24.3. The highest BCUT2D eigenvalue weighted by Gasteiger charge is 2.43. The number of hydrogen-bond donors (Lipinski definition) is 5. The van der Waals surface area contributed by atoms with E-state index in [-0.39, 0.29) is 36.9 Å². The normalized spacial score (nSPS) is 17.9. The lowest BCUT2D eigenvalue weighted by molar-refractivity contribution is -0.138. The van der Waals surface area contributed by atoms with Crippen molar-refractivity contribution >= 4 is 35.6 Å². The van der Waals surface area contributed by atoms with Crippen molar-refractivity contribution in [3.05, 3.63) is 29.7 Å². The number of amides is 4. The molecule has 0 saturated heterocycles. The molecule has 43 heavy (non-hydrogen) atoms. The fourth-order valence-corrected chi connectivity index (χ4v) is 5.34. The maximum absolute atomic E-state index is 14.1. The quantitative estimate of drug-likeness (QED) is 0.241. The van der Waals surface area contributed by atoms with E-state index in [1.807, 2.05) is 0 Å². The second-order valence-electron chi connectivity index (χ2n) is 11.6. The highest BCUT2D eigenvalue weighted by atomic mass is 16.6. The summed E-state index contributed by atoms with van der Waals surface area (Å²) in [5, 5.41) is 30.8. The van der Waals surface area contributed by atoms with Gasteiger partial charge in [-0.25, -0.2) is 9.78 Å². The number of carboxylic acid groups (broad SMARTS) is 1. The number of anilines is 1. The molecule has 1 aliphatic carbocycles. The average Bonchev–Trinajstić information content (AvgIpc) is 3.72. The molecule has 2 aromatic rings. The third-order valence-electron chi connectivity index (χ3n) is 7.26. The van der Waals surface area contributed by atoms with Gasteiger partial charge in [0, 0.05) is 19.0 Å². The number of nitrogens with one attached hydrogen (secondary N) is 4. The average molecular weight is 600 g/mol. The van der Waals surface area contributed by atoms with E-state index in [4.69, 9.17) is 4.74 Å². The lowest BCUT2D eigenvalue weighted by atomic mass is 9.96. The van der Waals surface area contributed by atoms with E-state index in [0.29, 0.717) is 18.4 Å². The lowest BCUT2D eigenvalue weighted by Gasteiger charge is -2.31. The van der Waals surface area contributed by atoms with E-state index < -0.39 is 59.9 Å². The van der Waals surface area contributed by atoms with Gasteiger partial charge in [0.1, 0.15) is 29.5 Å². The number of ether oxygens (including phenoxy) is 1. The molecule has 0 bridgehead atoms. The zero-order valence-corrected chi connectivity index (χ0v) is 24.3. The number of carboxylic acids is 1. The van der Waals surface area contributed by atoms with Crippen molar-refractivity contribution in [1.29, 1.82) is 0 Å². The van der Waals surface area contributed by atoms with Crippen molar-refractivity contribution in [2.24, 2.45) is 5.92 Å². The van der Waals surface area contributed by atoms with Crippen LogP contribution in [0.25, 0.3) is 0 Å². The molecule has 3 atom stereocenters. The van der Waals surface area contributed by atoms with Crippen molar-refractivity contribution in [1.82, 2.24) is 41.6 Å². The molecule has 3 unspecified atom stereocenters. The Morgan fingerprint density at radius 3 is 2.56 bits per heavy atom. The molecule has 5 N–H and O–H groups in total. The van der Waals surface area contributed by atoms with Gasteiger partial charge in [0.05, 0.1) is 6.54 Å². The summed E-state index contributed by atoms with van der Waals surface area (Å²) in [6.45, 7) is 5.06. The van der Waals surface area contributed by atoms with E-state index in [1.54, 1.807) is 32.9 Å². The Hall–Kier alpha value is -4.63. The molecule has 0 radical (unpaired) electrons. The van der Waals surface area contributed by atoms with Crippen LogP contribution < -0.4 is 20.9 Å². The van der Waals surface area contributed by atoms with Gasteiger partial charge in [0.25, 0.3) is 5.91 Å². The van der Waals surface area contributed by atoms with Crippen molar-refractivity contribution in [2.45, 2.75) is 96.0 Å². The Bertz CT molecular complexity index is 1320. The Balaban J connectivity index is 1.57. The number of aromatic nitrogens is 5. The molecular formula is C27H37N9O7. The van der Waals surface area contributed by atoms with E-state index in [1.165, 1.54) is 11.1 Å². The molecule has 3 heterocycles. The van der Waals surface area contributed by atoms with Crippen LogP contribution in [0.4, 0.5) is 10.6 Å². The van der Waals surface area contributed by atoms with Gasteiger partial charge in [-0.3, -0.25) is 24.1 Å². The summed E-state index contributed by atoms with van der Waals surface area (Å²) in [5.74, 6) is -2.74. The number of nitrogens with zero attached hydrogens (tertiary/aromatic N) is 5. The Morgan fingerprint density at radius 1 is 1.16 bits per heavy atom. The van der Waals surface area contributed by atoms with E-state index in [0.717, 1.165) is 12.8 Å². The molecule has 4 rings (SSSR count). The van der Waals surface area contributed by atoms with Crippen LogP contribution >= 0.6 is 0 Å². The second-order valence-corrected chi connectivity index (χ2v) is 11.6. The Kier molecular flexibility index (Phi) is 9.88. The molecule has 1 aliphatic heterocycles. The van der Waals surface area contributed by atoms with Gasteiger partial charge in [0.15, 0.2) is 5.82 Å². The highest BCUT2D eigenvalue weighted by Crippen LogP contribution is 2.32. The van der Waals surface area contributed by atoms with E-state index in [2.05, 4.69) is 41.6 Å². The number of pyridine rings is 1. The summed E-state index contributed by atoms with van der Waals surface area (Å²) in [6, 6.07) is 0.0584. The minimum atomic E-state index is -1.33.